The number of aromatic nitrogens is 1. The normalized spacial score (nSPS) is 10.1. The highest BCUT2D eigenvalue weighted by Crippen LogP contribution is 2.25. The van der Waals surface area contributed by atoms with Crippen LogP contribution in [0.15, 0.2) is 29.6 Å². The number of rotatable bonds is 2. The molecule has 0 saturated heterocycles. The van der Waals surface area contributed by atoms with Crippen molar-refractivity contribution in [3.63, 3.8) is 0 Å². The minimum absolute atomic E-state index is 0.243. The molecule has 1 aromatic heterocycles. The van der Waals surface area contributed by atoms with Gasteiger partial charge in [-0.3, -0.25) is 10.1 Å². The van der Waals surface area contributed by atoms with Gasteiger partial charge in [-0.25, -0.2) is 9.78 Å². The van der Waals surface area contributed by atoms with Crippen molar-refractivity contribution < 1.29 is 14.7 Å². The summed E-state index contributed by atoms with van der Waals surface area (Å²) in [6.07, 6.45) is 0. The smallest absolute Gasteiger partial charge is 0.394 e. The second-order valence-electron chi connectivity index (χ2n) is 3.30. The Morgan fingerprint density at radius 1 is 1.28 bits per heavy atom. The van der Waals surface area contributed by atoms with E-state index in [-0.39, 0.29) is 5.13 Å². The molecule has 0 atom stereocenters. The summed E-state index contributed by atoms with van der Waals surface area (Å²) in [5, 5.41) is 13.2. The predicted molar refractivity (Wildman–Crippen MR) is 68.8 cm³/mol. The molecular formula is C11H7ClN2O3S. The van der Waals surface area contributed by atoms with Crippen LogP contribution < -0.4 is 5.32 Å². The Hall–Kier alpha value is -1.92. The van der Waals surface area contributed by atoms with Crippen molar-refractivity contribution in [3.8, 4) is 11.3 Å². The van der Waals surface area contributed by atoms with E-state index in [1.165, 1.54) is 0 Å². The third kappa shape index (κ3) is 2.85. The molecule has 0 aliphatic carbocycles. The fourth-order valence-electron chi connectivity index (χ4n) is 1.23. The second-order valence-corrected chi connectivity index (χ2v) is 4.60. The molecule has 0 saturated carbocycles. The Labute approximate surface area is 111 Å². The molecule has 0 aliphatic heterocycles. The van der Waals surface area contributed by atoms with Crippen molar-refractivity contribution in [3.05, 3.63) is 34.7 Å². The molecule has 0 spiro atoms. The van der Waals surface area contributed by atoms with Crippen molar-refractivity contribution in [2.45, 2.75) is 0 Å². The van der Waals surface area contributed by atoms with Crippen LogP contribution in [-0.2, 0) is 9.59 Å². The van der Waals surface area contributed by atoms with Crippen molar-refractivity contribution in [2.24, 2.45) is 0 Å². The van der Waals surface area contributed by atoms with Gasteiger partial charge in [0.15, 0.2) is 5.13 Å². The highest BCUT2D eigenvalue weighted by atomic mass is 35.5. The standard InChI is InChI=1S/C11H7ClN2O3S/c12-7-3-1-6(2-4-7)8-5-18-11(13-8)14-9(15)10(16)17/h1-5H,(H,16,17)(H,13,14,15). The number of anilines is 1. The number of thiazole rings is 1. The van der Waals surface area contributed by atoms with Crippen LogP contribution >= 0.6 is 22.9 Å². The maximum Gasteiger partial charge on any atom is 0.394 e. The first-order chi connectivity index (χ1) is 8.56. The number of aliphatic carboxylic acids is 1. The monoisotopic (exact) mass is 282 g/mol. The Balaban J connectivity index is 2.18. The molecule has 2 aromatic rings. The summed E-state index contributed by atoms with van der Waals surface area (Å²) < 4.78 is 0. The van der Waals surface area contributed by atoms with Gasteiger partial charge in [-0.05, 0) is 12.1 Å². The summed E-state index contributed by atoms with van der Waals surface area (Å²) >= 11 is 6.92. The zero-order chi connectivity index (χ0) is 13.1. The third-order valence-corrected chi connectivity index (χ3v) is 3.07. The lowest BCUT2D eigenvalue weighted by Gasteiger charge is -1.97. The fraction of sp³-hybridized carbons (Fsp3) is 0. The van der Waals surface area contributed by atoms with Crippen LogP contribution in [-0.4, -0.2) is 22.0 Å². The molecule has 1 amide bonds. The zero-order valence-electron chi connectivity index (χ0n) is 8.88. The SMILES string of the molecule is O=C(O)C(=O)Nc1nc(-c2ccc(Cl)cc2)cs1. The summed E-state index contributed by atoms with van der Waals surface area (Å²) in [5.41, 5.74) is 1.49. The molecule has 92 valence electrons. The van der Waals surface area contributed by atoms with Crippen LogP contribution in [0.1, 0.15) is 0 Å². The number of amides is 1. The van der Waals surface area contributed by atoms with Gasteiger partial charge >= 0.3 is 11.9 Å². The first kappa shape index (κ1) is 12.5. The van der Waals surface area contributed by atoms with Gasteiger partial charge in [-0.15, -0.1) is 11.3 Å². The lowest BCUT2D eigenvalue weighted by Crippen LogP contribution is -2.21. The molecule has 0 bridgehead atoms. The van der Waals surface area contributed by atoms with Crippen LogP contribution in [0.3, 0.4) is 0 Å². The summed E-state index contributed by atoms with van der Waals surface area (Å²) in [6.45, 7) is 0. The number of carboxylic acids is 1. The minimum atomic E-state index is -1.54. The van der Waals surface area contributed by atoms with Crippen molar-refractivity contribution in [1.29, 1.82) is 0 Å². The van der Waals surface area contributed by atoms with E-state index in [4.69, 9.17) is 16.7 Å². The van der Waals surface area contributed by atoms with Gasteiger partial charge in [0.2, 0.25) is 0 Å². The fourth-order valence-corrected chi connectivity index (χ4v) is 2.08. The first-order valence-corrected chi connectivity index (χ1v) is 6.08. The number of nitrogens with one attached hydrogen (secondary N) is 1. The van der Waals surface area contributed by atoms with E-state index in [1.807, 2.05) is 0 Å². The molecule has 0 fully saturated rings. The average molecular weight is 283 g/mol. The molecule has 0 aliphatic rings. The van der Waals surface area contributed by atoms with Gasteiger partial charge in [0.25, 0.3) is 0 Å². The van der Waals surface area contributed by atoms with E-state index in [0.717, 1.165) is 16.9 Å². The van der Waals surface area contributed by atoms with Crippen LogP contribution in [0, 0.1) is 0 Å². The highest BCUT2D eigenvalue weighted by Gasteiger charge is 2.13. The number of halogens is 1. The van der Waals surface area contributed by atoms with Crippen LogP contribution in [0.4, 0.5) is 5.13 Å². The van der Waals surface area contributed by atoms with Gasteiger partial charge in [0.05, 0.1) is 5.69 Å². The quantitative estimate of drug-likeness (QED) is 0.830. The van der Waals surface area contributed by atoms with Crippen molar-refractivity contribution in [1.82, 2.24) is 4.98 Å². The molecule has 1 aromatic carbocycles. The lowest BCUT2D eigenvalue weighted by atomic mass is 10.2. The number of hydrogen-bond acceptors (Lipinski definition) is 4. The first-order valence-electron chi connectivity index (χ1n) is 4.82. The minimum Gasteiger partial charge on any atom is -0.474 e. The van der Waals surface area contributed by atoms with E-state index in [2.05, 4.69) is 10.3 Å². The van der Waals surface area contributed by atoms with Crippen LogP contribution in [0.25, 0.3) is 11.3 Å². The number of carbonyl (C=O) groups excluding carboxylic acids is 1. The number of benzene rings is 1. The summed E-state index contributed by atoms with van der Waals surface area (Å²) in [6, 6.07) is 7.04. The lowest BCUT2D eigenvalue weighted by molar-refractivity contribution is -0.147. The van der Waals surface area contributed by atoms with E-state index in [9.17, 15) is 9.59 Å². The Kier molecular flexibility index (Phi) is 3.59. The maximum absolute atomic E-state index is 10.9. The average Bonchev–Trinajstić information content (AvgIpc) is 2.78. The van der Waals surface area contributed by atoms with Gasteiger partial charge in [-0.2, -0.15) is 0 Å². The van der Waals surface area contributed by atoms with Crippen LogP contribution in [0.2, 0.25) is 5.02 Å². The Morgan fingerprint density at radius 3 is 2.56 bits per heavy atom. The third-order valence-electron chi connectivity index (χ3n) is 2.06. The van der Waals surface area contributed by atoms with Gasteiger partial charge < -0.3 is 5.11 Å². The maximum atomic E-state index is 10.9. The zero-order valence-corrected chi connectivity index (χ0v) is 10.5. The molecule has 1 heterocycles. The molecule has 0 radical (unpaired) electrons. The predicted octanol–water partition coefficient (Wildman–Crippen LogP) is 2.49. The molecule has 5 nitrogen and oxygen atoms in total. The van der Waals surface area contributed by atoms with Crippen molar-refractivity contribution >= 4 is 39.9 Å². The van der Waals surface area contributed by atoms with E-state index >= 15 is 0 Å². The molecule has 2 N–H and O–H groups in total. The number of carbonyl (C=O) groups is 2. The number of nitrogens with zero attached hydrogens (tertiary/aromatic N) is 1. The summed E-state index contributed by atoms with van der Waals surface area (Å²) in [7, 11) is 0. The van der Waals surface area contributed by atoms with Gasteiger partial charge in [0, 0.05) is 16.0 Å². The summed E-state index contributed by atoms with van der Waals surface area (Å²) in [4.78, 5) is 25.4. The number of hydrogen-bond donors (Lipinski definition) is 2. The van der Waals surface area contributed by atoms with Gasteiger partial charge in [-0.1, -0.05) is 23.7 Å². The molecular weight excluding hydrogens is 276 g/mol. The topological polar surface area (TPSA) is 79.3 Å². The largest absolute Gasteiger partial charge is 0.474 e. The summed E-state index contributed by atoms with van der Waals surface area (Å²) in [5.74, 6) is -2.65. The van der Waals surface area contributed by atoms with E-state index in [1.54, 1.807) is 29.6 Å². The van der Waals surface area contributed by atoms with Crippen LogP contribution in [0.5, 0.6) is 0 Å². The highest BCUT2D eigenvalue weighted by molar-refractivity contribution is 7.14. The van der Waals surface area contributed by atoms with Gasteiger partial charge in [0.1, 0.15) is 0 Å². The number of carboxylic acid groups (broad SMARTS) is 1. The molecule has 2 rings (SSSR count). The molecule has 0 unspecified atom stereocenters. The van der Waals surface area contributed by atoms with Crippen molar-refractivity contribution in [2.75, 3.05) is 5.32 Å². The van der Waals surface area contributed by atoms with E-state index in [0.29, 0.717) is 10.7 Å². The molecule has 18 heavy (non-hydrogen) atoms. The van der Waals surface area contributed by atoms with E-state index < -0.39 is 11.9 Å². The Bertz CT molecular complexity index is 595. The molecule has 7 heteroatoms. The second kappa shape index (κ2) is 5.16. The Morgan fingerprint density at radius 2 is 1.94 bits per heavy atom.